The van der Waals surface area contributed by atoms with E-state index in [-0.39, 0.29) is 11.3 Å². The Morgan fingerprint density at radius 2 is 2.18 bits per heavy atom. The first-order valence-electron chi connectivity index (χ1n) is 4.50. The SMILES string of the molecule is O=Cc1cnn(-c2cncc(F)c2C(=O)O)c1. The molecule has 86 valence electrons. The molecule has 0 saturated carbocycles. The van der Waals surface area contributed by atoms with Crippen molar-refractivity contribution in [1.29, 1.82) is 0 Å². The molecule has 0 saturated heterocycles. The molecule has 0 aliphatic carbocycles. The van der Waals surface area contributed by atoms with Gasteiger partial charge in [-0.3, -0.25) is 9.78 Å². The molecule has 2 rings (SSSR count). The maximum atomic E-state index is 13.3. The number of aromatic carboxylic acids is 1. The van der Waals surface area contributed by atoms with Crippen molar-refractivity contribution in [3.63, 3.8) is 0 Å². The zero-order chi connectivity index (χ0) is 12.4. The molecule has 0 unspecified atom stereocenters. The van der Waals surface area contributed by atoms with Crippen LogP contribution in [0.25, 0.3) is 5.69 Å². The Balaban J connectivity index is 2.62. The van der Waals surface area contributed by atoms with E-state index in [1.54, 1.807) is 0 Å². The summed E-state index contributed by atoms with van der Waals surface area (Å²) in [6, 6.07) is 0. The van der Waals surface area contributed by atoms with Crippen LogP contribution in [0.5, 0.6) is 0 Å². The monoisotopic (exact) mass is 235 g/mol. The van der Waals surface area contributed by atoms with Crippen LogP contribution < -0.4 is 0 Å². The van der Waals surface area contributed by atoms with Crippen LogP contribution >= 0.6 is 0 Å². The average Bonchev–Trinajstić information content (AvgIpc) is 2.76. The van der Waals surface area contributed by atoms with Gasteiger partial charge < -0.3 is 5.11 Å². The van der Waals surface area contributed by atoms with Gasteiger partial charge in [-0.2, -0.15) is 5.10 Å². The van der Waals surface area contributed by atoms with Gasteiger partial charge in [0.1, 0.15) is 11.3 Å². The van der Waals surface area contributed by atoms with E-state index in [0.29, 0.717) is 6.29 Å². The third kappa shape index (κ3) is 1.89. The molecular weight excluding hydrogens is 229 g/mol. The molecule has 0 atom stereocenters. The number of rotatable bonds is 3. The number of carbonyl (C=O) groups excluding carboxylic acids is 1. The van der Waals surface area contributed by atoms with Crippen LogP contribution in [0.2, 0.25) is 0 Å². The summed E-state index contributed by atoms with van der Waals surface area (Å²) in [6.45, 7) is 0. The van der Waals surface area contributed by atoms with Crippen molar-refractivity contribution in [3.8, 4) is 5.69 Å². The summed E-state index contributed by atoms with van der Waals surface area (Å²) in [5.41, 5.74) is -0.322. The minimum Gasteiger partial charge on any atom is -0.478 e. The van der Waals surface area contributed by atoms with E-state index in [9.17, 15) is 14.0 Å². The highest BCUT2D eigenvalue weighted by Crippen LogP contribution is 2.16. The van der Waals surface area contributed by atoms with Gasteiger partial charge in [0.25, 0.3) is 0 Å². The summed E-state index contributed by atoms with van der Waals surface area (Å²) in [6.07, 6.45) is 5.04. The zero-order valence-corrected chi connectivity index (χ0v) is 8.37. The lowest BCUT2D eigenvalue weighted by atomic mass is 10.2. The van der Waals surface area contributed by atoms with Crippen LogP contribution in [-0.2, 0) is 0 Å². The van der Waals surface area contributed by atoms with Gasteiger partial charge >= 0.3 is 5.97 Å². The lowest BCUT2D eigenvalue weighted by molar-refractivity contribution is 0.0691. The number of pyridine rings is 1. The molecular formula is C10H6FN3O3. The Bertz CT molecular complexity index is 594. The summed E-state index contributed by atoms with van der Waals surface area (Å²) in [7, 11) is 0. The Labute approximate surface area is 94.3 Å². The summed E-state index contributed by atoms with van der Waals surface area (Å²) in [4.78, 5) is 24.9. The molecule has 0 amide bonds. The lowest BCUT2D eigenvalue weighted by Gasteiger charge is -2.05. The van der Waals surface area contributed by atoms with Crippen molar-refractivity contribution in [3.05, 3.63) is 41.7 Å². The van der Waals surface area contributed by atoms with Gasteiger partial charge in [0.2, 0.25) is 0 Å². The number of nitrogens with zero attached hydrogens (tertiary/aromatic N) is 3. The van der Waals surface area contributed by atoms with Gasteiger partial charge in [-0.1, -0.05) is 0 Å². The van der Waals surface area contributed by atoms with Gasteiger partial charge in [-0.15, -0.1) is 0 Å². The van der Waals surface area contributed by atoms with Gasteiger partial charge in [-0.25, -0.2) is 13.9 Å². The molecule has 0 radical (unpaired) electrons. The summed E-state index contributed by atoms with van der Waals surface area (Å²) < 4.78 is 14.4. The van der Waals surface area contributed by atoms with E-state index >= 15 is 0 Å². The molecule has 0 bridgehead atoms. The Hall–Kier alpha value is -2.57. The molecule has 2 heterocycles. The summed E-state index contributed by atoms with van der Waals surface area (Å²) >= 11 is 0. The van der Waals surface area contributed by atoms with Crippen molar-refractivity contribution in [1.82, 2.24) is 14.8 Å². The topological polar surface area (TPSA) is 85.1 Å². The number of carboxylic acids is 1. The molecule has 7 heteroatoms. The van der Waals surface area contributed by atoms with Gasteiger partial charge in [0, 0.05) is 6.20 Å². The number of aromatic nitrogens is 3. The second-order valence-corrected chi connectivity index (χ2v) is 3.16. The fourth-order valence-electron chi connectivity index (χ4n) is 1.34. The highest BCUT2D eigenvalue weighted by molar-refractivity contribution is 5.92. The van der Waals surface area contributed by atoms with Crippen LogP contribution in [0.4, 0.5) is 4.39 Å². The Morgan fingerprint density at radius 3 is 2.76 bits per heavy atom. The van der Waals surface area contributed by atoms with Gasteiger partial charge in [-0.05, 0) is 0 Å². The number of halogens is 1. The minimum atomic E-state index is -1.43. The standard InChI is InChI=1S/C10H6FN3O3/c11-7-2-12-3-8(9(7)10(16)17)14-4-6(5-15)1-13-14/h1-5H,(H,16,17). The fraction of sp³-hybridized carbons (Fsp3) is 0. The van der Waals surface area contributed by atoms with E-state index < -0.39 is 17.3 Å². The third-order valence-electron chi connectivity index (χ3n) is 2.08. The van der Waals surface area contributed by atoms with Gasteiger partial charge in [0.05, 0.1) is 24.2 Å². The average molecular weight is 235 g/mol. The summed E-state index contributed by atoms with van der Waals surface area (Å²) in [5, 5.41) is 12.7. The predicted octanol–water partition coefficient (Wildman–Crippen LogP) is 0.917. The molecule has 1 N–H and O–H groups in total. The molecule has 0 fully saturated rings. The fourth-order valence-corrected chi connectivity index (χ4v) is 1.34. The number of carbonyl (C=O) groups is 2. The van der Waals surface area contributed by atoms with Crippen molar-refractivity contribution >= 4 is 12.3 Å². The molecule has 6 nitrogen and oxygen atoms in total. The van der Waals surface area contributed by atoms with Gasteiger partial charge in [0.15, 0.2) is 12.1 Å². The Morgan fingerprint density at radius 1 is 1.41 bits per heavy atom. The number of hydrogen-bond donors (Lipinski definition) is 1. The van der Waals surface area contributed by atoms with Crippen molar-refractivity contribution in [2.75, 3.05) is 0 Å². The molecule has 2 aromatic heterocycles. The van der Waals surface area contributed by atoms with Crippen LogP contribution in [0, 0.1) is 5.82 Å². The zero-order valence-electron chi connectivity index (χ0n) is 8.37. The molecule has 0 spiro atoms. The van der Waals surface area contributed by atoms with Crippen molar-refractivity contribution in [2.24, 2.45) is 0 Å². The van der Waals surface area contributed by atoms with Crippen LogP contribution in [-0.4, -0.2) is 32.1 Å². The van der Waals surface area contributed by atoms with E-state index in [1.807, 2.05) is 0 Å². The number of hydrogen-bond acceptors (Lipinski definition) is 4. The molecule has 0 aliphatic rings. The smallest absolute Gasteiger partial charge is 0.341 e. The normalized spacial score (nSPS) is 10.2. The lowest BCUT2D eigenvalue weighted by Crippen LogP contribution is -2.09. The first-order chi connectivity index (χ1) is 8.13. The van der Waals surface area contributed by atoms with E-state index in [1.165, 1.54) is 12.4 Å². The van der Waals surface area contributed by atoms with E-state index in [2.05, 4.69) is 10.1 Å². The first-order valence-corrected chi connectivity index (χ1v) is 4.50. The molecule has 0 aliphatic heterocycles. The first kappa shape index (κ1) is 10.9. The van der Waals surface area contributed by atoms with Crippen molar-refractivity contribution in [2.45, 2.75) is 0 Å². The van der Waals surface area contributed by atoms with Crippen LogP contribution in [0.15, 0.2) is 24.8 Å². The third-order valence-corrected chi connectivity index (χ3v) is 2.08. The second-order valence-electron chi connectivity index (χ2n) is 3.16. The second kappa shape index (κ2) is 4.12. The molecule has 2 aromatic rings. The summed E-state index contributed by atoms with van der Waals surface area (Å²) in [5.74, 6) is -2.39. The quantitative estimate of drug-likeness (QED) is 0.799. The highest BCUT2D eigenvalue weighted by Gasteiger charge is 2.18. The van der Waals surface area contributed by atoms with Crippen molar-refractivity contribution < 1.29 is 19.1 Å². The maximum Gasteiger partial charge on any atom is 0.341 e. The Kier molecular flexibility index (Phi) is 2.65. The minimum absolute atomic E-state index is 0.0365. The largest absolute Gasteiger partial charge is 0.478 e. The number of aldehydes is 1. The predicted molar refractivity (Wildman–Crippen MR) is 53.7 cm³/mol. The molecule has 0 aromatic carbocycles. The maximum absolute atomic E-state index is 13.3. The van der Waals surface area contributed by atoms with Crippen LogP contribution in [0.3, 0.4) is 0 Å². The van der Waals surface area contributed by atoms with E-state index in [0.717, 1.165) is 17.1 Å². The molecule has 17 heavy (non-hydrogen) atoms. The number of carboxylic acid groups (broad SMARTS) is 1. The van der Waals surface area contributed by atoms with E-state index in [4.69, 9.17) is 5.11 Å². The van der Waals surface area contributed by atoms with Crippen LogP contribution in [0.1, 0.15) is 20.7 Å². The highest BCUT2D eigenvalue weighted by atomic mass is 19.1.